The molecule has 6 nitrogen and oxygen atoms in total. The zero-order chi connectivity index (χ0) is 17.6. The molecule has 1 saturated heterocycles. The van der Waals surface area contributed by atoms with E-state index in [0.29, 0.717) is 12.0 Å². The molecule has 132 valence electrons. The molecule has 1 fully saturated rings. The topological polar surface area (TPSA) is 69.6 Å². The van der Waals surface area contributed by atoms with E-state index in [-0.39, 0.29) is 36.5 Å². The third kappa shape index (κ3) is 5.38. The van der Waals surface area contributed by atoms with Crippen LogP contribution in [0.5, 0.6) is 0 Å². The Bertz CT molecular complexity index is 735. The van der Waals surface area contributed by atoms with E-state index in [1.807, 2.05) is 18.2 Å². The third-order valence-electron chi connectivity index (χ3n) is 4.42. The monoisotopic (exact) mass is 362 g/mol. The number of benzene rings is 1. The Morgan fingerprint density at radius 1 is 1.15 bits per heavy atom. The van der Waals surface area contributed by atoms with Gasteiger partial charge in [0.2, 0.25) is 5.95 Å². The molecule has 2 aromatic rings. The minimum absolute atomic E-state index is 0. The van der Waals surface area contributed by atoms with Crippen LogP contribution in [0.25, 0.3) is 6.08 Å². The van der Waals surface area contributed by atoms with Gasteiger partial charge in [-0.15, -0.1) is 0 Å². The summed E-state index contributed by atoms with van der Waals surface area (Å²) in [5.74, 6) is -0.410. The van der Waals surface area contributed by atoms with Crippen molar-refractivity contribution in [2.45, 2.75) is 13.0 Å². The van der Waals surface area contributed by atoms with Crippen molar-refractivity contribution in [1.82, 2.24) is 14.9 Å². The second-order valence-corrected chi connectivity index (χ2v) is 6.11. The van der Waals surface area contributed by atoms with Crippen LogP contribution in [-0.2, 0) is 0 Å². The van der Waals surface area contributed by atoms with Crippen molar-refractivity contribution in [3.05, 3.63) is 59.9 Å². The molecule has 1 aromatic carbocycles. The van der Waals surface area contributed by atoms with Crippen molar-refractivity contribution in [2.24, 2.45) is 0 Å². The van der Waals surface area contributed by atoms with Crippen molar-refractivity contribution in [3.8, 4) is 0 Å². The molecular formula is C19H23N4NaO2. The zero-order valence-corrected chi connectivity index (χ0v) is 17.2. The molecule has 1 aliphatic rings. The average molecular weight is 362 g/mol. The van der Waals surface area contributed by atoms with Crippen molar-refractivity contribution in [3.63, 3.8) is 0 Å². The SMILES string of the molecule is CC(/C=C/c1ccccc1)N1CCN(c2ncc(C(=O)O)cn2)CC1.[H-].[Na+]. The fraction of sp³-hybridized carbons (Fsp3) is 0.316. The largest absolute Gasteiger partial charge is 1.00 e. The van der Waals surface area contributed by atoms with Crippen LogP contribution in [0.2, 0.25) is 0 Å². The maximum absolute atomic E-state index is 10.9. The normalized spacial score (nSPS) is 16.3. The van der Waals surface area contributed by atoms with Gasteiger partial charge in [0, 0.05) is 44.6 Å². The zero-order valence-electron chi connectivity index (χ0n) is 16.2. The first-order valence-corrected chi connectivity index (χ1v) is 8.41. The Labute approximate surface area is 177 Å². The maximum atomic E-state index is 10.9. The first-order valence-electron chi connectivity index (χ1n) is 8.41. The van der Waals surface area contributed by atoms with Crippen molar-refractivity contribution in [1.29, 1.82) is 0 Å². The molecule has 7 heteroatoms. The van der Waals surface area contributed by atoms with E-state index in [1.54, 1.807) is 0 Å². The van der Waals surface area contributed by atoms with Crippen molar-refractivity contribution >= 4 is 18.0 Å². The van der Waals surface area contributed by atoms with E-state index in [2.05, 4.69) is 51.0 Å². The third-order valence-corrected chi connectivity index (χ3v) is 4.42. The van der Waals surface area contributed by atoms with Crippen LogP contribution < -0.4 is 34.5 Å². The minimum atomic E-state index is -1.00. The second kappa shape index (κ2) is 9.83. The van der Waals surface area contributed by atoms with E-state index >= 15 is 0 Å². The van der Waals surface area contributed by atoms with Gasteiger partial charge in [0.15, 0.2) is 0 Å². The Morgan fingerprint density at radius 2 is 1.77 bits per heavy atom. The quantitative estimate of drug-likeness (QED) is 0.725. The van der Waals surface area contributed by atoms with Gasteiger partial charge in [-0.3, -0.25) is 4.90 Å². The van der Waals surface area contributed by atoms with Gasteiger partial charge < -0.3 is 11.4 Å². The molecule has 3 rings (SSSR count). The molecule has 1 aliphatic heterocycles. The van der Waals surface area contributed by atoms with Crippen LogP contribution in [0.15, 0.2) is 48.8 Å². The van der Waals surface area contributed by atoms with Gasteiger partial charge in [-0.25, -0.2) is 14.8 Å². The van der Waals surface area contributed by atoms with Crippen LogP contribution >= 0.6 is 0 Å². The molecule has 0 bridgehead atoms. The number of nitrogens with zero attached hydrogens (tertiary/aromatic N) is 4. The molecule has 0 saturated carbocycles. The van der Waals surface area contributed by atoms with Crippen LogP contribution in [0.4, 0.5) is 5.95 Å². The summed E-state index contributed by atoms with van der Waals surface area (Å²) in [6, 6.07) is 10.7. The summed E-state index contributed by atoms with van der Waals surface area (Å²) in [7, 11) is 0. The van der Waals surface area contributed by atoms with Gasteiger partial charge in [0.1, 0.15) is 0 Å². The molecule has 26 heavy (non-hydrogen) atoms. The number of aromatic nitrogens is 2. The molecule has 1 unspecified atom stereocenters. The summed E-state index contributed by atoms with van der Waals surface area (Å²) < 4.78 is 0. The van der Waals surface area contributed by atoms with E-state index in [0.717, 1.165) is 26.2 Å². The number of carboxylic acids is 1. The molecule has 0 radical (unpaired) electrons. The fourth-order valence-corrected chi connectivity index (χ4v) is 2.86. The van der Waals surface area contributed by atoms with E-state index in [4.69, 9.17) is 5.11 Å². The smallest absolute Gasteiger partial charge is 1.00 e. The number of carboxylic acid groups (broad SMARTS) is 1. The van der Waals surface area contributed by atoms with Gasteiger partial charge >= 0.3 is 35.5 Å². The van der Waals surface area contributed by atoms with E-state index in [9.17, 15) is 4.79 Å². The summed E-state index contributed by atoms with van der Waals surface area (Å²) in [6.07, 6.45) is 7.11. The molecule has 1 atom stereocenters. The molecule has 0 aliphatic carbocycles. The average Bonchev–Trinajstić information content (AvgIpc) is 2.67. The number of piperazine rings is 1. The van der Waals surface area contributed by atoms with Gasteiger partial charge in [-0.2, -0.15) is 0 Å². The van der Waals surface area contributed by atoms with Gasteiger partial charge in [-0.05, 0) is 12.5 Å². The molecule has 0 amide bonds. The number of anilines is 1. The predicted octanol–water partition coefficient (Wildman–Crippen LogP) is -0.485. The number of hydrogen-bond acceptors (Lipinski definition) is 5. The summed E-state index contributed by atoms with van der Waals surface area (Å²) in [5, 5.41) is 8.91. The summed E-state index contributed by atoms with van der Waals surface area (Å²) >= 11 is 0. The number of aromatic carboxylic acids is 1. The van der Waals surface area contributed by atoms with E-state index < -0.39 is 5.97 Å². The maximum Gasteiger partial charge on any atom is 1.00 e. The number of carbonyl (C=O) groups is 1. The molecule has 2 heterocycles. The number of hydrogen-bond donors (Lipinski definition) is 1. The molecule has 1 N–H and O–H groups in total. The van der Waals surface area contributed by atoms with Crippen LogP contribution in [0.1, 0.15) is 24.3 Å². The second-order valence-electron chi connectivity index (χ2n) is 6.11. The Morgan fingerprint density at radius 3 is 2.35 bits per heavy atom. The van der Waals surface area contributed by atoms with Gasteiger partial charge in [0.25, 0.3) is 0 Å². The standard InChI is InChI=1S/C19H22N4O2.Na.H/c1-15(7-8-16-5-3-2-4-6-16)22-9-11-23(12-10-22)19-20-13-17(14-21-19)18(24)25;;/h2-8,13-15H,9-12H2,1H3,(H,24,25);;/q;+1;-1/b8-7+;;. The van der Waals surface area contributed by atoms with E-state index in [1.165, 1.54) is 18.0 Å². The van der Waals surface area contributed by atoms with Crippen LogP contribution in [0, 0.1) is 0 Å². The van der Waals surface area contributed by atoms with Crippen LogP contribution in [-0.4, -0.2) is 58.2 Å². The van der Waals surface area contributed by atoms with Crippen molar-refractivity contribution < 1.29 is 40.9 Å². The Kier molecular flexibility index (Phi) is 7.78. The fourth-order valence-electron chi connectivity index (χ4n) is 2.86. The van der Waals surface area contributed by atoms with Crippen molar-refractivity contribution in [2.75, 3.05) is 31.1 Å². The minimum Gasteiger partial charge on any atom is -1.00 e. The Hall–Kier alpha value is -1.73. The van der Waals surface area contributed by atoms with Crippen LogP contribution in [0.3, 0.4) is 0 Å². The van der Waals surface area contributed by atoms with Gasteiger partial charge in [-0.1, -0.05) is 42.5 Å². The summed E-state index contributed by atoms with van der Waals surface area (Å²) in [5.41, 5.74) is 1.32. The first kappa shape index (κ1) is 20.6. The first-order chi connectivity index (χ1) is 12.1. The molecule has 1 aromatic heterocycles. The predicted molar refractivity (Wildman–Crippen MR) is 98.8 cm³/mol. The molecular weight excluding hydrogens is 339 g/mol. The summed E-state index contributed by atoms with van der Waals surface area (Å²) in [6.45, 7) is 5.70. The Balaban J connectivity index is 0.00000182. The number of rotatable bonds is 5. The van der Waals surface area contributed by atoms with Gasteiger partial charge in [0.05, 0.1) is 5.56 Å². The summed E-state index contributed by atoms with van der Waals surface area (Å²) in [4.78, 5) is 23.7. The molecule has 0 spiro atoms.